The van der Waals surface area contributed by atoms with Crippen molar-refractivity contribution >= 4 is 29.9 Å². The van der Waals surface area contributed by atoms with Crippen LogP contribution >= 0.6 is 24.0 Å². The third kappa shape index (κ3) is 7.28. The smallest absolute Gasteiger partial charge is 0.191 e. The van der Waals surface area contributed by atoms with Crippen molar-refractivity contribution in [3.63, 3.8) is 0 Å². The fraction of sp³-hybridized carbons (Fsp3) is 0.474. The van der Waals surface area contributed by atoms with E-state index in [1.807, 2.05) is 43.8 Å². The van der Waals surface area contributed by atoms with Gasteiger partial charge in [0.05, 0.1) is 25.5 Å². The summed E-state index contributed by atoms with van der Waals surface area (Å²) in [5.74, 6) is 2.35. The van der Waals surface area contributed by atoms with Gasteiger partial charge in [-0.3, -0.25) is 9.67 Å². The highest BCUT2D eigenvalue weighted by Crippen LogP contribution is 2.28. The van der Waals surface area contributed by atoms with E-state index in [2.05, 4.69) is 26.8 Å². The first-order chi connectivity index (χ1) is 12.7. The first-order valence-corrected chi connectivity index (χ1v) is 8.97. The summed E-state index contributed by atoms with van der Waals surface area (Å²) in [6.45, 7) is 6.63. The molecule has 0 aliphatic carbocycles. The molecule has 0 bridgehead atoms. The number of halogens is 1. The van der Waals surface area contributed by atoms with Crippen LogP contribution in [0.15, 0.2) is 35.5 Å². The molecule has 2 aromatic rings. The van der Waals surface area contributed by atoms with Gasteiger partial charge in [0.25, 0.3) is 0 Å². The van der Waals surface area contributed by atoms with Gasteiger partial charge < -0.3 is 20.1 Å². The van der Waals surface area contributed by atoms with E-state index in [4.69, 9.17) is 9.47 Å². The molecule has 1 heterocycles. The van der Waals surface area contributed by atoms with Gasteiger partial charge in [0, 0.05) is 26.8 Å². The van der Waals surface area contributed by atoms with E-state index < -0.39 is 0 Å². The standard InChI is InChI=1S/C19H29N5O2.HI/c1-5-25-17-8-7-15(13-18(17)26-6-2)9-11-21-19(20-3)22-14-16-10-12-23-24(16)4;/h7-8,10,12-13H,5-6,9,11,14H2,1-4H3,(H2,20,21,22);1H. The van der Waals surface area contributed by atoms with Crippen LogP contribution in [-0.4, -0.2) is 42.5 Å². The second kappa shape index (κ2) is 12.4. The first kappa shape index (κ1) is 23.1. The quantitative estimate of drug-likeness (QED) is 0.324. The second-order valence-electron chi connectivity index (χ2n) is 5.70. The lowest BCUT2D eigenvalue weighted by molar-refractivity contribution is 0.287. The van der Waals surface area contributed by atoms with Crippen LogP contribution in [0.1, 0.15) is 25.1 Å². The van der Waals surface area contributed by atoms with E-state index in [1.165, 1.54) is 5.56 Å². The molecule has 0 spiro atoms. The van der Waals surface area contributed by atoms with Crippen LogP contribution in [0.3, 0.4) is 0 Å². The molecule has 0 radical (unpaired) electrons. The summed E-state index contributed by atoms with van der Waals surface area (Å²) in [7, 11) is 3.69. The van der Waals surface area contributed by atoms with Crippen LogP contribution in [0.4, 0.5) is 0 Å². The van der Waals surface area contributed by atoms with Crippen LogP contribution < -0.4 is 20.1 Å². The maximum atomic E-state index is 5.68. The first-order valence-electron chi connectivity index (χ1n) is 8.97. The molecule has 0 aliphatic heterocycles. The summed E-state index contributed by atoms with van der Waals surface area (Å²) in [5, 5.41) is 10.8. The number of aromatic nitrogens is 2. The van der Waals surface area contributed by atoms with Crippen molar-refractivity contribution in [2.75, 3.05) is 26.8 Å². The van der Waals surface area contributed by atoms with Gasteiger partial charge in [0.15, 0.2) is 17.5 Å². The van der Waals surface area contributed by atoms with Gasteiger partial charge in [-0.05, 0) is 44.0 Å². The number of rotatable bonds is 9. The minimum atomic E-state index is 0. The number of hydrogen-bond acceptors (Lipinski definition) is 4. The zero-order chi connectivity index (χ0) is 18.8. The van der Waals surface area contributed by atoms with Gasteiger partial charge >= 0.3 is 0 Å². The Morgan fingerprint density at radius 2 is 1.85 bits per heavy atom. The fourth-order valence-corrected chi connectivity index (χ4v) is 2.55. The summed E-state index contributed by atoms with van der Waals surface area (Å²) in [4.78, 5) is 4.25. The normalized spacial score (nSPS) is 10.9. The lowest BCUT2D eigenvalue weighted by Gasteiger charge is -2.14. The van der Waals surface area contributed by atoms with Gasteiger partial charge in [0.1, 0.15) is 0 Å². The molecule has 150 valence electrons. The highest BCUT2D eigenvalue weighted by molar-refractivity contribution is 14.0. The third-order valence-corrected chi connectivity index (χ3v) is 3.90. The summed E-state index contributed by atoms with van der Waals surface area (Å²) in [6.07, 6.45) is 2.65. The summed E-state index contributed by atoms with van der Waals surface area (Å²) in [5.41, 5.74) is 2.28. The summed E-state index contributed by atoms with van der Waals surface area (Å²) >= 11 is 0. The SMILES string of the molecule is CCOc1ccc(CCNC(=NC)NCc2ccnn2C)cc1OCC.I. The second-order valence-corrected chi connectivity index (χ2v) is 5.70. The number of nitrogens with zero attached hydrogens (tertiary/aromatic N) is 3. The molecule has 1 aromatic heterocycles. The molecule has 0 fully saturated rings. The maximum Gasteiger partial charge on any atom is 0.191 e. The number of nitrogens with one attached hydrogen (secondary N) is 2. The molecule has 0 amide bonds. The zero-order valence-corrected chi connectivity index (χ0v) is 18.8. The molecule has 2 N–H and O–H groups in total. The number of aliphatic imine (C=N–C) groups is 1. The molecule has 0 aliphatic rings. The minimum absolute atomic E-state index is 0. The van der Waals surface area contributed by atoms with Gasteiger partial charge in [-0.2, -0.15) is 5.10 Å². The van der Waals surface area contributed by atoms with Crippen molar-refractivity contribution in [2.24, 2.45) is 12.0 Å². The predicted molar refractivity (Wildman–Crippen MR) is 119 cm³/mol. The zero-order valence-electron chi connectivity index (χ0n) is 16.5. The van der Waals surface area contributed by atoms with E-state index >= 15 is 0 Å². The lowest BCUT2D eigenvalue weighted by atomic mass is 10.1. The number of aryl methyl sites for hydroxylation is 1. The van der Waals surface area contributed by atoms with Crippen molar-refractivity contribution in [2.45, 2.75) is 26.8 Å². The molecule has 8 heteroatoms. The molecule has 0 unspecified atom stereocenters. The Labute approximate surface area is 178 Å². The van der Waals surface area contributed by atoms with Crippen LogP contribution in [0.25, 0.3) is 0 Å². The average molecular weight is 487 g/mol. The van der Waals surface area contributed by atoms with Crippen LogP contribution in [0, 0.1) is 0 Å². The molecular weight excluding hydrogens is 457 g/mol. The average Bonchev–Trinajstić information content (AvgIpc) is 3.05. The van der Waals surface area contributed by atoms with Gasteiger partial charge in [0.2, 0.25) is 0 Å². The monoisotopic (exact) mass is 487 g/mol. The number of benzene rings is 1. The number of hydrogen-bond donors (Lipinski definition) is 2. The lowest BCUT2D eigenvalue weighted by Crippen LogP contribution is -2.38. The van der Waals surface area contributed by atoms with Crippen molar-refractivity contribution in [3.8, 4) is 11.5 Å². The third-order valence-electron chi connectivity index (χ3n) is 3.90. The molecule has 27 heavy (non-hydrogen) atoms. The van der Waals surface area contributed by atoms with E-state index in [-0.39, 0.29) is 24.0 Å². The molecule has 1 aromatic carbocycles. The Hall–Kier alpha value is -1.97. The van der Waals surface area contributed by atoms with E-state index in [0.717, 1.165) is 36.1 Å². The summed E-state index contributed by atoms with van der Waals surface area (Å²) in [6, 6.07) is 8.07. The van der Waals surface area contributed by atoms with Gasteiger partial charge in [-0.25, -0.2) is 0 Å². The Kier molecular flexibility index (Phi) is 10.6. The van der Waals surface area contributed by atoms with E-state index in [9.17, 15) is 0 Å². The molecular formula is C19H30IN5O2. The molecule has 7 nitrogen and oxygen atoms in total. The highest BCUT2D eigenvalue weighted by atomic mass is 127. The maximum absolute atomic E-state index is 5.68. The Balaban J connectivity index is 0.00000364. The van der Waals surface area contributed by atoms with Crippen LogP contribution in [0.5, 0.6) is 11.5 Å². The highest BCUT2D eigenvalue weighted by Gasteiger charge is 2.07. The molecule has 2 rings (SSSR count). The predicted octanol–water partition coefficient (Wildman–Crippen LogP) is 2.74. The van der Waals surface area contributed by atoms with Gasteiger partial charge in [-0.15, -0.1) is 24.0 Å². The van der Waals surface area contributed by atoms with Crippen molar-refractivity contribution in [1.82, 2.24) is 20.4 Å². The van der Waals surface area contributed by atoms with Crippen LogP contribution in [-0.2, 0) is 20.0 Å². The fourth-order valence-electron chi connectivity index (χ4n) is 2.55. The van der Waals surface area contributed by atoms with Crippen molar-refractivity contribution in [1.29, 1.82) is 0 Å². The Bertz CT molecular complexity index is 718. The molecule has 0 saturated carbocycles. The summed E-state index contributed by atoms with van der Waals surface area (Å²) < 4.78 is 13.1. The van der Waals surface area contributed by atoms with E-state index in [0.29, 0.717) is 19.8 Å². The molecule has 0 saturated heterocycles. The van der Waals surface area contributed by atoms with Crippen LogP contribution in [0.2, 0.25) is 0 Å². The largest absolute Gasteiger partial charge is 0.490 e. The minimum Gasteiger partial charge on any atom is -0.490 e. The Morgan fingerprint density at radius 3 is 2.48 bits per heavy atom. The number of ether oxygens (including phenoxy) is 2. The topological polar surface area (TPSA) is 72.7 Å². The number of guanidine groups is 1. The Morgan fingerprint density at radius 1 is 1.11 bits per heavy atom. The van der Waals surface area contributed by atoms with Gasteiger partial charge in [-0.1, -0.05) is 6.07 Å². The molecule has 0 atom stereocenters. The van der Waals surface area contributed by atoms with E-state index in [1.54, 1.807) is 13.2 Å². The van der Waals surface area contributed by atoms with Crippen molar-refractivity contribution in [3.05, 3.63) is 41.7 Å². The van der Waals surface area contributed by atoms with Crippen molar-refractivity contribution < 1.29 is 9.47 Å².